The number of hydrogen-bond acceptors (Lipinski definition) is 7. The Kier molecular flexibility index (Phi) is 8.44. The summed E-state index contributed by atoms with van der Waals surface area (Å²) in [7, 11) is 0. The van der Waals surface area contributed by atoms with Gasteiger partial charge in [0.1, 0.15) is 12.0 Å². The molecule has 9 nitrogen and oxygen atoms in total. The molecule has 0 saturated carbocycles. The molecule has 1 fully saturated rings. The van der Waals surface area contributed by atoms with Crippen molar-refractivity contribution in [3.05, 3.63) is 63.7 Å². The molecule has 1 aliphatic heterocycles. The van der Waals surface area contributed by atoms with Gasteiger partial charge in [0, 0.05) is 48.7 Å². The lowest BCUT2D eigenvalue weighted by molar-refractivity contribution is 0.0994. The minimum absolute atomic E-state index is 0.194. The normalized spacial score (nSPS) is 14.3. The first-order valence-corrected chi connectivity index (χ1v) is 12.0. The van der Waals surface area contributed by atoms with Gasteiger partial charge in [-0.25, -0.2) is 9.78 Å². The first kappa shape index (κ1) is 24.8. The number of rotatable bonds is 10. The maximum atomic E-state index is 12.3. The monoisotopic (exact) mass is 501 g/mol. The van der Waals surface area contributed by atoms with Gasteiger partial charge in [-0.15, -0.1) is 0 Å². The summed E-state index contributed by atoms with van der Waals surface area (Å²) in [5, 5.41) is 10.7. The number of carbonyl (C=O) groups is 1. The van der Waals surface area contributed by atoms with Crippen LogP contribution in [0, 0.1) is 0 Å². The zero-order chi connectivity index (χ0) is 24.6. The Morgan fingerprint density at radius 2 is 1.77 bits per heavy atom. The molecule has 0 spiro atoms. The van der Waals surface area contributed by atoms with E-state index in [0.29, 0.717) is 62.6 Å². The zero-order valence-corrected chi connectivity index (χ0v) is 20.1. The number of amides is 1. The molecule has 3 aromatic rings. The number of hydrogen-bond donors (Lipinski definition) is 1. The number of nitrogens with zero attached hydrogens (tertiary/aromatic N) is 3. The van der Waals surface area contributed by atoms with E-state index in [2.05, 4.69) is 9.88 Å². The molecule has 0 unspecified atom stereocenters. The number of halogens is 1. The molecule has 0 bridgehead atoms. The fraction of sp³-hybridized carbons (Fsp3) is 0.400. The number of unbranched alkanes of at least 4 members (excludes halogenated alkanes) is 2. The largest absolute Gasteiger partial charge is 0.487 e. The van der Waals surface area contributed by atoms with Crippen molar-refractivity contribution in [1.82, 2.24) is 14.8 Å². The molecule has 1 amide bonds. The van der Waals surface area contributed by atoms with Gasteiger partial charge >= 0.3 is 6.09 Å². The fourth-order valence-corrected chi connectivity index (χ4v) is 4.00. The number of ether oxygens (including phenoxy) is 2. The van der Waals surface area contributed by atoms with Gasteiger partial charge in [0.05, 0.1) is 25.3 Å². The molecule has 1 N–H and O–H groups in total. The second kappa shape index (κ2) is 11.9. The summed E-state index contributed by atoms with van der Waals surface area (Å²) in [4.78, 5) is 31.2. The molecule has 186 valence electrons. The zero-order valence-electron chi connectivity index (χ0n) is 19.3. The van der Waals surface area contributed by atoms with E-state index >= 15 is 0 Å². The Labute approximate surface area is 207 Å². The van der Waals surface area contributed by atoms with Gasteiger partial charge in [-0.05, 0) is 37.5 Å². The van der Waals surface area contributed by atoms with E-state index in [-0.39, 0.29) is 11.2 Å². The maximum absolute atomic E-state index is 12.3. The third-order valence-corrected chi connectivity index (χ3v) is 6.03. The van der Waals surface area contributed by atoms with E-state index in [1.807, 2.05) is 30.3 Å². The van der Waals surface area contributed by atoms with E-state index in [0.717, 1.165) is 30.2 Å². The van der Waals surface area contributed by atoms with Gasteiger partial charge in [-0.3, -0.25) is 9.69 Å². The van der Waals surface area contributed by atoms with Gasteiger partial charge in [0.15, 0.2) is 0 Å². The van der Waals surface area contributed by atoms with Crippen LogP contribution in [0.4, 0.5) is 4.79 Å². The van der Waals surface area contributed by atoms with Gasteiger partial charge in [-0.2, -0.15) is 0 Å². The van der Waals surface area contributed by atoms with Crippen LogP contribution in [0.5, 0.6) is 11.6 Å². The molecule has 2 aromatic heterocycles. The molecular weight excluding hydrogens is 474 g/mol. The van der Waals surface area contributed by atoms with E-state index in [4.69, 9.17) is 30.6 Å². The van der Waals surface area contributed by atoms with Crippen LogP contribution in [-0.4, -0.2) is 65.4 Å². The molecule has 0 aliphatic carbocycles. The van der Waals surface area contributed by atoms with Crippen LogP contribution in [-0.2, 0) is 6.54 Å². The van der Waals surface area contributed by atoms with Crippen molar-refractivity contribution in [2.75, 3.05) is 39.4 Å². The van der Waals surface area contributed by atoms with E-state index < -0.39 is 6.09 Å². The number of aromatic nitrogens is 1. The van der Waals surface area contributed by atoms with E-state index in [1.54, 1.807) is 0 Å². The lowest BCUT2D eigenvalue weighted by Gasteiger charge is -2.32. The highest BCUT2D eigenvalue weighted by molar-refractivity contribution is 6.31. The van der Waals surface area contributed by atoms with Crippen LogP contribution in [0.2, 0.25) is 5.02 Å². The Balaban J connectivity index is 1.13. The predicted octanol–water partition coefficient (Wildman–Crippen LogP) is 4.27. The lowest BCUT2D eigenvalue weighted by Crippen LogP contribution is -2.47. The van der Waals surface area contributed by atoms with Crippen molar-refractivity contribution in [3.8, 4) is 11.6 Å². The third-order valence-electron chi connectivity index (χ3n) is 5.80. The average Bonchev–Trinajstić information content (AvgIpc) is 2.84. The van der Waals surface area contributed by atoms with Crippen LogP contribution in [0.25, 0.3) is 10.9 Å². The fourth-order valence-electron chi connectivity index (χ4n) is 3.84. The molecule has 10 heteroatoms. The van der Waals surface area contributed by atoms with Gasteiger partial charge in [0.2, 0.25) is 17.1 Å². The molecular formula is C25H28ClN3O6. The molecule has 4 rings (SSSR count). The minimum Gasteiger partial charge on any atom is -0.487 e. The molecule has 1 aromatic carbocycles. The SMILES string of the molecule is O=C(O)N1CCN(Cc2cc(=O)c(OCCCCCOc3ccc4ccc(Cl)cc4n3)co2)CC1. The third kappa shape index (κ3) is 7.10. The number of carboxylic acid groups (broad SMARTS) is 1. The van der Waals surface area contributed by atoms with Crippen molar-refractivity contribution >= 4 is 28.6 Å². The highest BCUT2D eigenvalue weighted by Gasteiger charge is 2.21. The summed E-state index contributed by atoms with van der Waals surface area (Å²) < 4.78 is 16.9. The summed E-state index contributed by atoms with van der Waals surface area (Å²) in [6, 6.07) is 10.8. The Hall–Kier alpha value is -3.30. The Morgan fingerprint density at radius 3 is 2.51 bits per heavy atom. The summed E-state index contributed by atoms with van der Waals surface area (Å²) in [6.45, 7) is 3.50. The van der Waals surface area contributed by atoms with Crippen LogP contribution in [0.3, 0.4) is 0 Å². The van der Waals surface area contributed by atoms with E-state index in [1.165, 1.54) is 17.2 Å². The maximum Gasteiger partial charge on any atom is 0.407 e. The molecule has 3 heterocycles. The second-order valence-corrected chi connectivity index (χ2v) is 8.80. The number of pyridine rings is 1. The van der Waals surface area contributed by atoms with Crippen LogP contribution >= 0.6 is 11.6 Å². The molecule has 0 atom stereocenters. The summed E-state index contributed by atoms with van der Waals surface area (Å²) >= 11 is 6.02. The first-order chi connectivity index (χ1) is 17.0. The Bertz CT molecular complexity index is 1210. The number of piperazine rings is 1. The average molecular weight is 502 g/mol. The Morgan fingerprint density at radius 1 is 1.03 bits per heavy atom. The van der Waals surface area contributed by atoms with Crippen molar-refractivity contribution in [1.29, 1.82) is 0 Å². The minimum atomic E-state index is -0.905. The first-order valence-electron chi connectivity index (χ1n) is 11.6. The second-order valence-electron chi connectivity index (χ2n) is 8.36. The van der Waals surface area contributed by atoms with Crippen LogP contribution < -0.4 is 14.9 Å². The topological polar surface area (TPSA) is 105 Å². The van der Waals surface area contributed by atoms with Crippen molar-refractivity contribution in [3.63, 3.8) is 0 Å². The van der Waals surface area contributed by atoms with Crippen molar-refractivity contribution in [2.45, 2.75) is 25.8 Å². The summed E-state index contributed by atoms with van der Waals surface area (Å²) in [5.41, 5.74) is 0.579. The molecule has 0 radical (unpaired) electrons. The predicted molar refractivity (Wildman–Crippen MR) is 131 cm³/mol. The molecule has 1 aliphatic rings. The number of fused-ring (bicyclic) bond motifs is 1. The molecule has 1 saturated heterocycles. The highest BCUT2D eigenvalue weighted by Crippen LogP contribution is 2.20. The van der Waals surface area contributed by atoms with E-state index in [9.17, 15) is 9.59 Å². The van der Waals surface area contributed by atoms with Gasteiger partial charge in [-0.1, -0.05) is 17.7 Å². The molecule has 35 heavy (non-hydrogen) atoms. The van der Waals surface area contributed by atoms with Crippen molar-refractivity contribution in [2.24, 2.45) is 0 Å². The smallest absolute Gasteiger partial charge is 0.407 e. The highest BCUT2D eigenvalue weighted by atomic mass is 35.5. The van der Waals surface area contributed by atoms with Crippen molar-refractivity contribution < 1.29 is 23.8 Å². The lowest BCUT2D eigenvalue weighted by atomic mass is 10.2. The summed E-state index contributed by atoms with van der Waals surface area (Å²) in [5.74, 6) is 1.30. The van der Waals surface area contributed by atoms with Gasteiger partial charge in [0.25, 0.3) is 0 Å². The standard InChI is InChI=1S/C25H28ClN3O6/c26-19-6-4-18-5-7-24(27-21(18)14-19)34-13-3-1-2-12-33-23-17-35-20(15-22(23)30)16-28-8-10-29(11-9-28)25(31)32/h4-7,14-15,17H,1-3,8-13,16H2,(H,31,32). The van der Waals surface area contributed by atoms with Crippen LogP contribution in [0.15, 0.2) is 51.9 Å². The number of benzene rings is 1. The quantitative estimate of drug-likeness (QED) is 0.411. The van der Waals surface area contributed by atoms with Gasteiger partial charge < -0.3 is 23.9 Å². The van der Waals surface area contributed by atoms with Crippen LogP contribution in [0.1, 0.15) is 25.0 Å². The summed E-state index contributed by atoms with van der Waals surface area (Å²) in [6.07, 6.45) is 2.94.